The van der Waals surface area contributed by atoms with Crippen LogP contribution in [-0.4, -0.2) is 33.4 Å². The molecule has 1 heterocycles. The van der Waals surface area contributed by atoms with Crippen LogP contribution in [0.25, 0.3) is 0 Å². The molecule has 0 saturated carbocycles. The van der Waals surface area contributed by atoms with E-state index in [0.29, 0.717) is 42.6 Å². The Morgan fingerprint density at radius 3 is 2.76 bits per heavy atom. The van der Waals surface area contributed by atoms with Gasteiger partial charge in [-0.15, -0.1) is 0 Å². The molecule has 0 aromatic heterocycles. The molecule has 0 spiro atoms. The summed E-state index contributed by atoms with van der Waals surface area (Å²) >= 11 is 11.9. The predicted octanol–water partition coefficient (Wildman–Crippen LogP) is 2.88. The van der Waals surface area contributed by atoms with Crippen LogP contribution < -0.4 is 4.72 Å². The molecule has 1 aliphatic heterocycles. The number of rotatable bonds is 5. The zero-order valence-corrected chi connectivity index (χ0v) is 14.1. The number of ether oxygens (including phenoxy) is 1. The number of sulfonamides is 1. The maximum Gasteiger partial charge on any atom is 0.214 e. The zero-order chi connectivity index (χ0) is 15.5. The standard InChI is InChI=1S/C14H19Cl2NO3S/c1-2-17-21(18,19)14-5-6-20-9-11(14)7-10-3-4-12(15)13(16)8-10/h3-4,8,11,14,17H,2,5-7,9H2,1H3/t11-,14+/m1/s1. The lowest BCUT2D eigenvalue weighted by atomic mass is 9.93. The van der Waals surface area contributed by atoms with Crippen molar-refractivity contribution in [2.45, 2.75) is 25.0 Å². The van der Waals surface area contributed by atoms with Crippen molar-refractivity contribution in [3.05, 3.63) is 33.8 Å². The Bertz CT molecular complexity index is 592. The van der Waals surface area contributed by atoms with Gasteiger partial charge in [0.1, 0.15) is 0 Å². The molecule has 0 bridgehead atoms. The van der Waals surface area contributed by atoms with Crippen molar-refractivity contribution < 1.29 is 13.2 Å². The molecule has 21 heavy (non-hydrogen) atoms. The molecular weight excluding hydrogens is 333 g/mol. The van der Waals surface area contributed by atoms with Gasteiger partial charge in [-0.1, -0.05) is 36.2 Å². The molecule has 7 heteroatoms. The first-order valence-corrected chi connectivity index (χ1v) is 9.24. The predicted molar refractivity (Wildman–Crippen MR) is 85.5 cm³/mol. The highest BCUT2D eigenvalue weighted by atomic mass is 35.5. The van der Waals surface area contributed by atoms with Crippen molar-refractivity contribution in [1.29, 1.82) is 0 Å². The van der Waals surface area contributed by atoms with Gasteiger partial charge in [-0.3, -0.25) is 0 Å². The second kappa shape index (κ2) is 7.29. The summed E-state index contributed by atoms with van der Waals surface area (Å²) in [6, 6.07) is 5.39. The molecule has 1 aliphatic rings. The molecular formula is C14H19Cl2NO3S. The monoisotopic (exact) mass is 351 g/mol. The van der Waals surface area contributed by atoms with E-state index in [9.17, 15) is 8.42 Å². The number of hydrogen-bond acceptors (Lipinski definition) is 3. The average molecular weight is 352 g/mol. The van der Waals surface area contributed by atoms with E-state index in [2.05, 4.69) is 4.72 Å². The summed E-state index contributed by atoms with van der Waals surface area (Å²) in [6.07, 6.45) is 1.12. The van der Waals surface area contributed by atoms with Crippen molar-refractivity contribution >= 4 is 33.2 Å². The van der Waals surface area contributed by atoms with Gasteiger partial charge in [-0.05, 0) is 30.5 Å². The van der Waals surface area contributed by atoms with Gasteiger partial charge in [0.25, 0.3) is 0 Å². The topological polar surface area (TPSA) is 55.4 Å². The number of halogens is 2. The first-order valence-electron chi connectivity index (χ1n) is 6.94. The Kier molecular flexibility index (Phi) is 5.91. The highest BCUT2D eigenvalue weighted by molar-refractivity contribution is 7.90. The minimum atomic E-state index is -3.31. The lowest BCUT2D eigenvalue weighted by Gasteiger charge is -2.31. The zero-order valence-electron chi connectivity index (χ0n) is 11.8. The molecule has 0 amide bonds. The average Bonchev–Trinajstić information content (AvgIpc) is 2.43. The van der Waals surface area contributed by atoms with Crippen LogP contribution >= 0.6 is 23.2 Å². The normalized spacial score (nSPS) is 23.2. The first kappa shape index (κ1) is 17.0. The van der Waals surface area contributed by atoms with E-state index in [-0.39, 0.29) is 5.92 Å². The fourth-order valence-corrected chi connectivity index (χ4v) is 4.68. The third-order valence-electron chi connectivity index (χ3n) is 3.63. The Hall–Kier alpha value is -0.330. The summed E-state index contributed by atoms with van der Waals surface area (Å²) in [5, 5.41) is 0.551. The van der Waals surface area contributed by atoms with E-state index in [1.807, 2.05) is 6.07 Å². The summed E-state index contributed by atoms with van der Waals surface area (Å²) in [5.74, 6) is -0.0833. The van der Waals surface area contributed by atoms with E-state index < -0.39 is 15.3 Å². The van der Waals surface area contributed by atoms with Crippen LogP contribution in [0.3, 0.4) is 0 Å². The highest BCUT2D eigenvalue weighted by Gasteiger charge is 2.35. The van der Waals surface area contributed by atoms with Crippen LogP contribution in [0.1, 0.15) is 18.9 Å². The highest BCUT2D eigenvalue weighted by Crippen LogP contribution is 2.28. The quantitative estimate of drug-likeness (QED) is 0.887. The number of hydrogen-bond donors (Lipinski definition) is 1. The Morgan fingerprint density at radius 2 is 2.10 bits per heavy atom. The van der Waals surface area contributed by atoms with Gasteiger partial charge in [-0.25, -0.2) is 13.1 Å². The summed E-state index contributed by atoms with van der Waals surface area (Å²) in [6.45, 7) is 3.10. The maximum atomic E-state index is 12.3. The summed E-state index contributed by atoms with van der Waals surface area (Å²) < 4.78 is 32.6. The van der Waals surface area contributed by atoms with E-state index in [0.717, 1.165) is 5.56 Å². The summed E-state index contributed by atoms with van der Waals surface area (Å²) in [4.78, 5) is 0. The van der Waals surface area contributed by atoms with E-state index in [4.69, 9.17) is 27.9 Å². The molecule has 2 atom stereocenters. The maximum absolute atomic E-state index is 12.3. The lowest BCUT2D eigenvalue weighted by molar-refractivity contribution is 0.0570. The molecule has 0 unspecified atom stereocenters. The molecule has 118 valence electrons. The molecule has 1 fully saturated rings. The smallest absolute Gasteiger partial charge is 0.214 e. The molecule has 2 rings (SSSR count). The van der Waals surface area contributed by atoms with Crippen molar-refractivity contribution in [3.63, 3.8) is 0 Å². The van der Waals surface area contributed by atoms with Crippen LogP contribution in [0.4, 0.5) is 0 Å². The van der Waals surface area contributed by atoms with Gasteiger partial charge in [0.2, 0.25) is 10.0 Å². The van der Waals surface area contributed by atoms with Crippen molar-refractivity contribution in [2.75, 3.05) is 19.8 Å². The van der Waals surface area contributed by atoms with Crippen LogP contribution in [0.5, 0.6) is 0 Å². The lowest BCUT2D eigenvalue weighted by Crippen LogP contribution is -2.44. The van der Waals surface area contributed by atoms with Gasteiger partial charge in [0.15, 0.2) is 0 Å². The SMILES string of the molecule is CCNS(=O)(=O)[C@H]1CCOC[C@H]1Cc1ccc(Cl)c(Cl)c1. The third kappa shape index (κ3) is 4.33. The Labute approximate surface area is 135 Å². The van der Waals surface area contributed by atoms with Gasteiger partial charge in [-0.2, -0.15) is 0 Å². The van der Waals surface area contributed by atoms with Crippen molar-refractivity contribution in [1.82, 2.24) is 4.72 Å². The number of nitrogens with one attached hydrogen (secondary N) is 1. The minimum Gasteiger partial charge on any atom is -0.381 e. The molecule has 4 nitrogen and oxygen atoms in total. The van der Waals surface area contributed by atoms with E-state index in [1.54, 1.807) is 19.1 Å². The van der Waals surface area contributed by atoms with Gasteiger partial charge >= 0.3 is 0 Å². The van der Waals surface area contributed by atoms with Gasteiger partial charge in [0, 0.05) is 19.1 Å². The second-order valence-corrected chi connectivity index (χ2v) is 7.96. The number of benzene rings is 1. The van der Waals surface area contributed by atoms with Crippen LogP contribution in [0, 0.1) is 5.92 Å². The van der Waals surface area contributed by atoms with Gasteiger partial charge in [0.05, 0.1) is 21.9 Å². The second-order valence-electron chi connectivity index (χ2n) is 5.16. The minimum absolute atomic E-state index is 0.0833. The molecule has 1 aromatic carbocycles. The van der Waals surface area contributed by atoms with Crippen LogP contribution in [-0.2, 0) is 21.2 Å². The summed E-state index contributed by atoms with van der Waals surface area (Å²) in [5.41, 5.74) is 0.969. The summed E-state index contributed by atoms with van der Waals surface area (Å²) in [7, 11) is -3.31. The first-order chi connectivity index (χ1) is 9.94. The molecule has 0 aliphatic carbocycles. The molecule has 1 saturated heterocycles. The molecule has 0 radical (unpaired) electrons. The van der Waals surface area contributed by atoms with Crippen LogP contribution in [0.15, 0.2) is 18.2 Å². The Morgan fingerprint density at radius 1 is 1.33 bits per heavy atom. The molecule has 1 N–H and O–H groups in total. The molecule has 1 aromatic rings. The van der Waals surface area contributed by atoms with Crippen molar-refractivity contribution in [2.24, 2.45) is 5.92 Å². The van der Waals surface area contributed by atoms with E-state index in [1.165, 1.54) is 0 Å². The third-order valence-corrected chi connectivity index (χ3v) is 6.48. The van der Waals surface area contributed by atoms with E-state index >= 15 is 0 Å². The van der Waals surface area contributed by atoms with Gasteiger partial charge < -0.3 is 4.74 Å². The van der Waals surface area contributed by atoms with Crippen molar-refractivity contribution in [3.8, 4) is 0 Å². The largest absolute Gasteiger partial charge is 0.381 e. The fraction of sp³-hybridized carbons (Fsp3) is 0.571. The Balaban J connectivity index is 2.17. The van der Waals surface area contributed by atoms with Crippen LogP contribution in [0.2, 0.25) is 10.0 Å². The fourth-order valence-electron chi connectivity index (χ4n) is 2.65.